The molecule has 22 heavy (non-hydrogen) atoms. The summed E-state index contributed by atoms with van der Waals surface area (Å²) in [5, 5.41) is 7.26. The molecule has 0 bridgehead atoms. The monoisotopic (exact) mass is 300 g/mol. The lowest BCUT2D eigenvalue weighted by molar-refractivity contribution is 0.101. The molecule has 1 amide bonds. The van der Waals surface area contributed by atoms with Crippen LogP contribution < -0.4 is 10.2 Å². The van der Waals surface area contributed by atoms with Crippen molar-refractivity contribution in [2.45, 2.75) is 40.3 Å². The van der Waals surface area contributed by atoms with Gasteiger partial charge in [0.05, 0.1) is 5.69 Å². The van der Waals surface area contributed by atoms with Crippen molar-refractivity contribution in [1.29, 1.82) is 0 Å². The highest BCUT2D eigenvalue weighted by molar-refractivity contribution is 6.03. The number of amides is 1. The van der Waals surface area contributed by atoms with Crippen molar-refractivity contribution < 1.29 is 4.79 Å². The van der Waals surface area contributed by atoms with Crippen LogP contribution >= 0.6 is 0 Å². The van der Waals surface area contributed by atoms with E-state index in [2.05, 4.69) is 29.2 Å². The van der Waals surface area contributed by atoms with E-state index in [0.29, 0.717) is 18.3 Å². The zero-order valence-electron chi connectivity index (χ0n) is 13.9. The third-order valence-corrected chi connectivity index (χ3v) is 3.72. The smallest absolute Gasteiger partial charge is 0.273 e. The van der Waals surface area contributed by atoms with E-state index in [9.17, 15) is 4.79 Å². The summed E-state index contributed by atoms with van der Waals surface area (Å²) in [7, 11) is 2.04. The number of hydrogen-bond donors (Lipinski definition) is 1. The second-order valence-electron chi connectivity index (χ2n) is 5.70. The number of nitrogens with one attached hydrogen (secondary N) is 1. The van der Waals surface area contributed by atoms with Crippen LogP contribution in [-0.4, -0.2) is 28.8 Å². The minimum Gasteiger partial charge on any atom is -0.372 e. The third-order valence-electron chi connectivity index (χ3n) is 3.72. The number of carbonyl (C=O) groups excluding carboxylic acids is 1. The first-order chi connectivity index (χ1) is 10.4. The number of anilines is 2. The lowest BCUT2D eigenvalue weighted by Gasteiger charge is -2.24. The van der Waals surface area contributed by atoms with Crippen LogP contribution in [0.5, 0.6) is 0 Å². The summed E-state index contributed by atoms with van der Waals surface area (Å²) in [5.41, 5.74) is 3.30. The fourth-order valence-electron chi connectivity index (χ4n) is 2.27. The van der Waals surface area contributed by atoms with E-state index < -0.39 is 0 Å². The molecule has 0 unspecified atom stereocenters. The third kappa shape index (κ3) is 3.47. The molecule has 0 saturated heterocycles. The SMILES string of the molecule is CCn1nc(C)cc1C(=O)Nc1cccc(N(C)C(C)C)c1. The second-order valence-corrected chi connectivity index (χ2v) is 5.70. The summed E-state index contributed by atoms with van der Waals surface area (Å²) in [6.45, 7) is 8.80. The quantitative estimate of drug-likeness (QED) is 0.921. The normalized spacial score (nSPS) is 10.8. The fourth-order valence-corrected chi connectivity index (χ4v) is 2.27. The van der Waals surface area contributed by atoms with E-state index in [1.54, 1.807) is 4.68 Å². The standard InChI is InChI=1S/C17H24N4O/c1-6-21-16(10-13(4)19-21)17(22)18-14-8-7-9-15(11-14)20(5)12(2)3/h7-12H,6H2,1-5H3,(H,18,22). The number of nitrogens with zero attached hydrogens (tertiary/aromatic N) is 3. The molecule has 1 aromatic carbocycles. The molecule has 0 saturated carbocycles. The maximum Gasteiger partial charge on any atom is 0.273 e. The fraction of sp³-hybridized carbons (Fsp3) is 0.412. The first-order valence-electron chi connectivity index (χ1n) is 7.61. The van der Waals surface area contributed by atoms with Gasteiger partial charge < -0.3 is 10.2 Å². The summed E-state index contributed by atoms with van der Waals surface area (Å²) >= 11 is 0. The van der Waals surface area contributed by atoms with Gasteiger partial charge in [-0.1, -0.05) is 6.07 Å². The Kier molecular flexibility index (Phi) is 4.85. The van der Waals surface area contributed by atoms with Gasteiger partial charge in [0, 0.05) is 31.0 Å². The van der Waals surface area contributed by atoms with Gasteiger partial charge in [0.2, 0.25) is 0 Å². The molecule has 0 atom stereocenters. The van der Waals surface area contributed by atoms with Crippen molar-refractivity contribution in [3.63, 3.8) is 0 Å². The first kappa shape index (κ1) is 16.1. The van der Waals surface area contributed by atoms with E-state index in [0.717, 1.165) is 17.1 Å². The van der Waals surface area contributed by atoms with E-state index in [1.807, 2.05) is 51.2 Å². The van der Waals surface area contributed by atoms with Gasteiger partial charge in [-0.05, 0) is 52.0 Å². The highest BCUT2D eigenvalue weighted by Crippen LogP contribution is 2.20. The Hall–Kier alpha value is -2.30. The molecular formula is C17H24N4O. The lowest BCUT2D eigenvalue weighted by Crippen LogP contribution is -2.25. The van der Waals surface area contributed by atoms with Gasteiger partial charge in [-0.3, -0.25) is 9.48 Å². The molecule has 1 heterocycles. The Bertz CT molecular complexity index is 660. The molecule has 0 aliphatic rings. The summed E-state index contributed by atoms with van der Waals surface area (Å²) in [4.78, 5) is 14.6. The number of hydrogen-bond acceptors (Lipinski definition) is 3. The van der Waals surface area contributed by atoms with Crippen molar-refractivity contribution in [1.82, 2.24) is 9.78 Å². The van der Waals surface area contributed by atoms with Crippen LogP contribution in [0.1, 0.15) is 37.0 Å². The van der Waals surface area contributed by atoms with E-state index in [-0.39, 0.29) is 5.91 Å². The van der Waals surface area contributed by atoms with Crippen molar-refractivity contribution in [3.8, 4) is 0 Å². The van der Waals surface area contributed by atoms with Crippen LogP contribution in [0.25, 0.3) is 0 Å². The molecule has 0 aliphatic carbocycles. The topological polar surface area (TPSA) is 50.2 Å². The molecule has 0 spiro atoms. The minimum absolute atomic E-state index is 0.133. The molecule has 0 radical (unpaired) electrons. The Morgan fingerprint density at radius 3 is 2.73 bits per heavy atom. The summed E-state index contributed by atoms with van der Waals surface area (Å²) in [6.07, 6.45) is 0. The minimum atomic E-state index is -0.133. The molecule has 1 aromatic heterocycles. The summed E-state index contributed by atoms with van der Waals surface area (Å²) in [6, 6.07) is 10.1. The molecule has 0 fully saturated rings. The predicted molar refractivity (Wildman–Crippen MR) is 90.6 cm³/mol. The zero-order valence-corrected chi connectivity index (χ0v) is 13.9. The van der Waals surface area contributed by atoms with Gasteiger partial charge >= 0.3 is 0 Å². The Morgan fingerprint density at radius 1 is 1.36 bits per heavy atom. The predicted octanol–water partition coefficient (Wildman–Crippen LogP) is 3.31. The maximum atomic E-state index is 12.4. The van der Waals surface area contributed by atoms with Crippen molar-refractivity contribution >= 4 is 17.3 Å². The average molecular weight is 300 g/mol. The van der Waals surface area contributed by atoms with Gasteiger partial charge in [-0.15, -0.1) is 0 Å². The zero-order chi connectivity index (χ0) is 16.3. The number of rotatable bonds is 5. The summed E-state index contributed by atoms with van der Waals surface area (Å²) in [5.74, 6) is -0.133. The first-order valence-corrected chi connectivity index (χ1v) is 7.61. The van der Waals surface area contributed by atoms with Crippen LogP contribution in [0.2, 0.25) is 0 Å². The highest BCUT2D eigenvalue weighted by atomic mass is 16.2. The molecule has 1 N–H and O–H groups in total. The number of carbonyl (C=O) groups is 1. The van der Waals surface area contributed by atoms with Crippen molar-refractivity contribution in [2.24, 2.45) is 0 Å². The van der Waals surface area contributed by atoms with Crippen LogP contribution in [0.15, 0.2) is 30.3 Å². The van der Waals surface area contributed by atoms with Crippen molar-refractivity contribution in [2.75, 3.05) is 17.3 Å². The van der Waals surface area contributed by atoms with Gasteiger partial charge in [0.1, 0.15) is 5.69 Å². The van der Waals surface area contributed by atoms with Gasteiger partial charge in [0.15, 0.2) is 0 Å². The summed E-state index contributed by atoms with van der Waals surface area (Å²) < 4.78 is 1.72. The Morgan fingerprint density at radius 2 is 2.09 bits per heavy atom. The number of benzene rings is 1. The van der Waals surface area contributed by atoms with Crippen molar-refractivity contribution in [3.05, 3.63) is 41.7 Å². The van der Waals surface area contributed by atoms with Gasteiger partial charge in [0.25, 0.3) is 5.91 Å². The van der Waals surface area contributed by atoms with E-state index in [4.69, 9.17) is 0 Å². The lowest BCUT2D eigenvalue weighted by atomic mass is 10.2. The molecule has 5 heteroatoms. The largest absolute Gasteiger partial charge is 0.372 e. The highest BCUT2D eigenvalue weighted by Gasteiger charge is 2.14. The van der Waals surface area contributed by atoms with E-state index >= 15 is 0 Å². The average Bonchev–Trinajstić information content (AvgIpc) is 2.87. The Balaban J connectivity index is 2.20. The molecule has 5 nitrogen and oxygen atoms in total. The molecular weight excluding hydrogens is 276 g/mol. The van der Waals surface area contributed by atoms with Crippen LogP contribution in [-0.2, 0) is 6.54 Å². The van der Waals surface area contributed by atoms with Crippen LogP contribution in [0.3, 0.4) is 0 Å². The Labute approximate surface area is 131 Å². The van der Waals surface area contributed by atoms with Crippen LogP contribution in [0.4, 0.5) is 11.4 Å². The maximum absolute atomic E-state index is 12.4. The van der Waals surface area contributed by atoms with E-state index in [1.165, 1.54) is 0 Å². The van der Waals surface area contributed by atoms with Gasteiger partial charge in [-0.25, -0.2) is 0 Å². The van der Waals surface area contributed by atoms with Crippen LogP contribution in [0, 0.1) is 6.92 Å². The second kappa shape index (κ2) is 6.64. The molecule has 2 aromatic rings. The number of aryl methyl sites for hydroxylation is 2. The van der Waals surface area contributed by atoms with Gasteiger partial charge in [-0.2, -0.15) is 5.10 Å². The molecule has 118 valence electrons. The number of aromatic nitrogens is 2. The molecule has 2 rings (SSSR count). The molecule has 0 aliphatic heterocycles.